The minimum Gasteiger partial charge on any atom is -0.382 e. The molecule has 1 aliphatic heterocycles. The van der Waals surface area contributed by atoms with Crippen molar-refractivity contribution in [2.45, 2.75) is 19.0 Å². The van der Waals surface area contributed by atoms with Crippen molar-refractivity contribution >= 4 is 11.5 Å². The second-order valence-corrected chi connectivity index (χ2v) is 4.64. The van der Waals surface area contributed by atoms with Gasteiger partial charge in [-0.2, -0.15) is 13.2 Å². The number of nitrogens with two attached hydrogens (primary N) is 1. The van der Waals surface area contributed by atoms with E-state index in [0.29, 0.717) is 18.7 Å². The molecule has 3 N–H and O–H groups in total. The minimum absolute atomic E-state index is 0.0507. The van der Waals surface area contributed by atoms with Gasteiger partial charge in [0.1, 0.15) is 11.5 Å². The van der Waals surface area contributed by atoms with Crippen molar-refractivity contribution in [1.29, 1.82) is 5.41 Å². The summed E-state index contributed by atoms with van der Waals surface area (Å²) in [7, 11) is 0. The first kappa shape index (κ1) is 13.6. The number of amidine groups is 1. The third kappa shape index (κ3) is 3.15. The average molecular weight is 272 g/mol. The van der Waals surface area contributed by atoms with Crippen LogP contribution in [0.4, 0.5) is 18.9 Å². The number of alkyl halides is 3. The molecule has 1 atom stereocenters. The lowest BCUT2D eigenvalue weighted by molar-refractivity contribution is -0.175. The number of hydrogen-bond acceptors (Lipinski definition) is 3. The van der Waals surface area contributed by atoms with Gasteiger partial charge in [0.15, 0.2) is 0 Å². The predicted octanol–water partition coefficient (Wildman–Crippen LogP) is 2.14. The summed E-state index contributed by atoms with van der Waals surface area (Å²) in [5, 5.41) is 7.30. The van der Waals surface area contributed by atoms with Crippen LogP contribution in [0.5, 0.6) is 0 Å². The van der Waals surface area contributed by atoms with E-state index in [2.05, 4.69) is 4.98 Å². The molecule has 104 valence electrons. The Kier molecular flexibility index (Phi) is 3.64. The number of piperidine rings is 1. The zero-order valence-corrected chi connectivity index (χ0v) is 10.2. The second kappa shape index (κ2) is 5.07. The third-order valence-electron chi connectivity index (χ3n) is 3.27. The number of aromatic nitrogens is 1. The summed E-state index contributed by atoms with van der Waals surface area (Å²) in [6.07, 6.45) is -2.02. The van der Waals surface area contributed by atoms with E-state index in [1.165, 1.54) is 6.20 Å². The quantitative estimate of drug-likeness (QED) is 0.640. The molecule has 2 rings (SSSR count). The first-order valence-corrected chi connectivity index (χ1v) is 6.00. The van der Waals surface area contributed by atoms with Gasteiger partial charge in [-0.3, -0.25) is 10.4 Å². The van der Waals surface area contributed by atoms with Gasteiger partial charge in [-0.15, -0.1) is 0 Å². The van der Waals surface area contributed by atoms with Crippen molar-refractivity contribution in [1.82, 2.24) is 4.98 Å². The fraction of sp³-hybridized carbons (Fsp3) is 0.500. The summed E-state index contributed by atoms with van der Waals surface area (Å²) < 4.78 is 38.2. The maximum atomic E-state index is 12.7. The van der Waals surface area contributed by atoms with Gasteiger partial charge in [-0.25, -0.2) is 0 Å². The van der Waals surface area contributed by atoms with Gasteiger partial charge in [-0.05, 0) is 25.0 Å². The molecule has 0 bridgehead atoms. The van der Waals surface area contributed by atoms with Crippen molar-refractivity contribution in [3.63, 3.8) is 0 Å². The highest BCUT2D eigenvalue weighted by Crippen LogP contribution is 2.34. The Morgan fingerprint density at radius 3 is 2.84 bits per heavy atom. The van der Waals surface area contributed by atoms with Crippen LogP contribution in [0.25, 0.3) is 0 Å². The first-order chi connectivity index (χ1) is 8.88. The van der Waals surface area contributed by atoms with Crippen LogP contribution in [0.15, 0.2) is 18.3 Å². The molecule has 0 saturated carbocycles. The van der Waals surface area contributed by atoms with E-state index in [4.69, 9.17) is 11.1 Å². The second-order valence-electron chi connectivity index (χ2n) is 4.64. The van der Waals surface area contributed by atoms with E-state index in [-0.39, 0.29) is 24.5 Å². The van der Waals surface area contributed by atoms with Gasteiger partial charge in [-0.1, -0.05) is 0 Å². The number of halogens is 3. The molecule has 1 unspecified atom stereocenters. The van der Waals surface area contributed by atoms with Gasteiger partial charge >= 0.3 is 6.18 Å². The van der Waals surface area contributed by atoms with Crippen LogP contribution in [-0.4, -0.2) is 30.1 Å². The Hall–Kier alpha value is -1.79. The van der Waals surface area contributed by atoms with Gasteiger partial charge < -0.3 is 10.6 Å². The van der Waals surface area contributed by atoms with Gasteiger partial charge in [0.25, 0.3) is 0 Å². The third-order valence-corrected chi connectivity index (χ3v) is 3.27. The predicted molar refractivity (Wildman–Crippen MR) is 66.2 cm³/mol. The van der Waals surface area contributed by atoms with E-state index in [1.807, 2.05) is 0 Å². The number of nitrogens with zero attached hydrogens (tertiary/aromatic N) is 2. The molecule has 4 nitrogen and oxygen atoms in total. The molecule has 0 spiro atoms. The summed E-state index contributed by atoms with van der Waals surface area (Å²) in [4.78, 5) is 5.58. The molecule has 1 aromatic rings. The molecule has 0 aromatic carbocycles. The topological polar surface area (TPSA) is 66.0 Å². The van der Waals surface area contributed by atoms with Crippen LogP contribution in [0.3, 0.4) is 0 Å². The number of hydrogen-bond donors (Lipinski definition) is 2. The minimum atomic E-state index is -4.16. The Labute approximate surface area is 108 Å². The average Bonchev–Trinajstić information content (AvgIpc) is 2.38. The van der Waals surface area contributed by atoms with Crippen LogP contribution in [-0.2, 0) is 0 Å². The zero-order chi connectivity index (χ0) is 14.0. The van der Waals surface area contributed by atoms with Crippen LogP contribution < -0.4 is 10.6 Å². The molecule has 1 saturated heterocycles. The van der Waals surface area contributed by atoms with E-state index >= 15 is 0 Å². The van der Waals surface area contributed by atoms with Crippen LogP contribution in [0, 0.1) is 11.3 Å². The molecule has 1 fully saturated rings. The first-order valence-electron chi connectivity index (χ1n) is 6.00. The van der Waals surface area contributed by atoms with Crippen LogP contribution >= 0.6 is 0 Å². The van der Waals surface area contributed by atoms with E-state index in [9.17, 15) is 13.2 Å². The van der Waals surface area contributed by atoms with Gasteiger partial charge in [0.2, 0.25) is 0 Å². The van der Waals surface area contributed by atoms with Crippen molar-refractivity contribution in [2.75, 3.05) is 18.0 Å². The zero-order valence-electron chi connectivity index (χ0n) is 10.2. The highest BCUT2D eigenvalue weighted by atomic mass is 19.4. The Morgan fingerprint density at radius 1 is 1.47 bits per heavy atom. The fourth-order valence-electron chi connectivity index (χ4n) is 2.24. The number of pyridine rings is 1. The lowest BCUT2D eigenvalue weighted by Crippen LogP contribution is -2.41. The molecule has 0 radical (unpaired) electrons. The Balaban J connectivity index is 2.17. The van der Waals surface area contributed by atoms with Crippen molar-refractivity contribution in [2.24, 2.45) is 11.7 Å². The maximum Gasteiger partial charge on any atom is 0.393 e. The number of rotatable bonds is 2. The fourth-order valence-corrected chi connectivity index (χ4v) is 2.24. The number of anilines is 1. The van der Waals surface area contributed by atoms with Crippen LogP contribution in [0.2, 0.25) is 0 Å². The summed E-state index contributed by atoms with van der Waals surface area (Å²) in [5.41, 5.74) is 6.25. The van der Waals surface area contributed by atoms with Gasteiger partial charge in [0, 0.05) is 25.0 Å². The Morgan fingerprint density at radius 2 is 2.21 bits per heavy atom. The molecule has 19 heavy (non-hydrogen) atoms. The van der Waals surface area contributed by atoms with E-state index in [0.717, 1.165) is 0 Å². The summed E-state index contributed by atoms with van der Waals surface area (Å²) in [6, 6.07) is 3.20. The van der Waals surface area contributed by atoms with Crippen molar-refractivity contribution < 1.29 is 13.2 Å². The lowest BCUT2D eigenvalue weighted by Gasteiger charge is -2.35. The molecular formula is C12H15F3N4. The molecular weight excluding hydrogens is 257 g/mol. The van der Waals surface area contributed by atoms with Crippen molar-refractivity contribution in [3.8, 4) is 0 Å². The molecule has 2 heterocycles. The molecule has 1 aliphatic rings. The lowest BCUT2D eigenvalue weighted by atomic mass is 9.97. The smallest absolute Gasteiger partial charge is 0.382 e. The van der Waals surface area contributed by atoms with Crippen LogP contribution in [0.1, 0.15) is 18.5 Å². The monoisotopic (exact) mass is 272 g/mol. The van der Waals surface area contributed by atoms with E-state index < -0.39 is 12.1 Å². The highest BCUT2D eigenvalue weighted by molar-refractivity contribution is 5.93. The van der Waals surface area contributed by atoms with Gasteiger partial charge in [0.05, 0.1) is 5.92 Å². The summed E-state index contributed by atoms with van der Waals surface area (Å²) >= 11 is 0. The standard InChI is InChI=1S/C12H15F3N4/c13-12(14,15)8-2-1-5-19(7-8)9-3-4-18-10(6-9)11(16)17/h3-4,6,8H,1-2,5,7H2,(H3,16,17). The summed E-state index contributed by atoms with van der Waals surface area (Å²) in [5.74, 6) is -1.48. The van der Waals surface area contributed by atoms with E-state index in [1.54, 1.807) is 17.0 Å². The Bertz CT molecular complexity index is 472. The number of nitrogens with one attached hydrogen (secondary N) is 1. The number of nitrogen functional groups attached to an aromatic ring is 1. The normalized spacial score (nSPS) is 20.4. The molecule has 1 aromatic heterocycles. The largest absolute Gasteiger partial charge is 0.393 e. The maximum absolute atomic E-state index is 12.7. The SMILES string of the molecule is N=C(N)c1cc(N2CCCC(C(F)(F)F)C2)ccn1. The van der Waals surface area contributed by atoms with Crippen molar-refractivity contribution in [3.05, 3.63) is 24.0 Å². The highest BCUT2D eigenvalue weighted by Gasteiger charge is 2.41. The molecule has 0 aliphatic carbocycles. The molecule has 7 heteroatoms. The molecule has 0 amide bonds. The summed E-state index contributed by atoms with van der Waals surface area (Å²) in [6.45, 7) is 0.527.